The van der Waals surface area contributed by atoms with Crippen LogP contribution < -0.4 is 5.73 Å². The third-order valence-electron chi connectivity index (χ3n) is 1.51. The monoisotopic (exact) mass is 203 g/mol. The quantitative estimate of drug-likeness (QED) is 0.723. The molecule has 1 rings (SSSR count). The molecule has 0 amide bonds. The minimum atomic E-state index is -2.43. The molecule has 6 heteroatoms. The number of halogens is 3. The Balaban J connectivity index is 0.00000121. The molecule has 0 spiro atoms. The molecule has 0 aliphatic carbocycles. The highest BCUT2D eigenvalue weighted by molar-refractivity contribution is 5.85. The van der Waals surface area contributed by atoms with E-state index in [9.17, 15) is 8.78 Å². The van der Waals surface area contributed by atoms with Crippen LogP contribution in [0.5, 0.6) is 0 Å². The summed E-state index contributed by atoms with van der Waals surface area (Å²) in [6, 6.07) is -0.256. The van der Waals surface area contributed by atoms with Gasteiger partial charge in [0.15, 0.2) is 0 Å². The van der Waals surface area contributed by atoms with Crippen molar-refractivity contribution in [1.82, 2.24) is 0 Å². The maximum Gasteiger partial charge on any atom is 0.261 e. The molecular formula is C6H12ClF2NO2. The van der Waals surface area contributed by atoms with E-state index in [1.54, 1.807) is 0 Å². The Morgan fingerprint density at radius 3 is 2.58 bits per heavy atom. The van der Waals surface area contributed by atoms with Crippen molar-refractivity contribution >= 4 is 12.4 Å². The van der Waals surface area contributed by atoms with Crippen molar-refractivity contribution < 1.29 is 18.3 Å². The summed E-state index contributed by atoms with van der Waals surface area (Å²) < 4.78 is 32.9. The number of hydrogen-bond acceptors (Lipinski definition) is 3. The number of ether oxygens (including phenoxy) is 2. The average Bonchev–Trinajstić information content (AvgIpc) is 2.31. The Morgan fingerprint density at radius 2 is 2.17 bits per heavy atom. The Hall–Kier alpha value is 0.0300. The fourth-order valence-corrected chi connectivity index (χ4v) is 0.919. The number of rotatable bonds is 3. The number of hydrogen-bond donors (Lipinski definition) is 1. The Morgan fingerprint density at radius 1 is 1.50 bits per heavy atom. The summed E-state index contributed by atoms with van der Waals surface area (Å²) in [5, 5.41) is 0. The van der Waals surface area contributed by atoms with Crippen LogP contribution >= 0.6 is 12.4 Å². The maximum absolute atomic E-state index is 11.6. The molecule has 1 aliphatic heterocycles. The van der Waals surface area contributed by atoms with Crippen LogP contribution in [0.1, 0.15) is 0 Å². The molecule has 0 aromatic rings. The van der Waals surface area contributed by atoms with Crippen LogP contribution in [-0.2, 0) is 9.47 Å². The zero-order valence-corrected chi connectivity index (χ0v) is 7.23. The van der Waals surface area contributed by atoms with Crippen molar-refractivity contribution in [1.29, 1.82) is 0 Å². The highest BCUT2D eigenvalue weighted by Crippen LogP contribution is 2.08. The minimum Gasteiger partial charge on any atom is -0.377 e. The largest absolute Gasteiger partial charge is 0.377 e. The van der Waals surface area contributed by atoms with Crippen LogP contribution in [0, 0.1) is 0 Å². The summed E-state index contributed by atoms with van der Waals surface area (Å²) in [5.74, 6) is 0. The van der Waals surface area contributed by atoms with Gasteiger partial charge in [-0.05, 0) is 0 Å². The van der Waals surface area contributed by atoms with Gasteiger partial charge in [-0.1, -0.05) is 0 Å². The second-order valence-corrected chi connectivity index (χ2v) is 2.46. The second kappa shape index (κ2) is 5.64. The Labute approximate surface area is 75.6 Å². The molecule has 1 heterocycles. The van der Waals surface area contributed by atoms with Gasteiger partial charge in [0.25, 0.3) is 6.43 Å². The summed E-state index contributed by atoms with van der Waals surface area (Å²) in [4.78, 5) is 0. The summed E-state index contributed by atoms with van der Waals surface area (Å²) in [5.41, 5.74) is 5.47. The zero-order chi connectivity index (χ0) is 8.27. The van der Waals surface area contributed by atoms with E-state index in [2.05, 4.69) is 0 Å². The maximum atomic E-state index is 11.6. The van der Waals surface area contributed by atoms with E-state index in [0.29, 0.717) is 13.2 Å². The van der Waals surface area contributed by atoms with Gasteiger partial charge >= 0.3 is 0 Å². The number of nitrogens with two attached hydrogens (primary N) is 1. The summed E-state index contributed by atoms with van der Waals surface area (Å²) >= 11 is 0. The van der Waals surface area contributed by atoms with E-state index >= 15 is 0 Å². The predicted octanol–water partition coefficient (Wildman–Crippen LogP) is 0.416. The first-order valence-corrected chi connectivity index (χ1v) is 3.43. The van der Waals surface area contributed by atoms with Crippen LogP contribution in [0.4, 0.5) is 8.78 Å². The van der Waals surface area contributed by atoms with Crippen LogP contribution in [0.3, 0.4) is 0 Å². The Bertz CT molecular complexity index is 128. The van der Waals surface area contributed by atoms with Gasteiger partial charge in [-0.15, -0.1) is 12.4 Å². The zero-order valence-electron chi connectivity index (χ0n) is 6.41. The lowest BCUT2D eigenvalue weighted by Gasteiger charge is -2.13. The lowest BCUT2D eigenvalue weighted by molar-refractivity contribution is -0.0294. The topological polar surface area (TPSA) is 44.5 Å². The van der Waals surface area contributed by atoms with Gasteiger partial charge in [-0.3, -0.25) is 0 Å². The lowest BCUT2D eigenvalue weighted by Crippen LogP contribution is -2.36. The van der Waals surface area contributed by atoms with Crippen LogP contribution in [0.25, 0.3) is 0 Å². The molecule has 1 aliphatic rings. The SMILES string of the molecule is Cl.NC1COCC1OCC(F)F. The molecule has 2 N–H and O–H groups in total. The summed E-state index contributed by atoms with van der Waals surface area (Å²) in [6.07, 6.45) is -2.79. The molecule has 0 bridgehead atoms. The third kappa shape index (κ3) is 3.62. The van der Waals surface area contributed by atoms with Crippen molar-refractivity contribution in [3.05, 3.63) is 0 Å². The van der Waals surface area contributed by atoms with E-state index in [0.717, 1.165) is 0 Å². The lowest BCUT2D eigenvalue weighted by atomic mass is 10.2. The van der Waals surface area contributed by atoms with Gasteiger partial charge in [0.05, 0.1) is 25.4 Å². The van der Waals surface area contributed by atoms with Gasteiger partial charge in [0.2, 0.25) is 0 Å². The molecule has 1 saturated heterocycles. The van der Waals surface area contributed by atoms with E-state index in [4.69, 9.17) is 15.2 Å². The van der Waals surface area contributed by atoms with E-state index < -0.39 is 13.0 Å². The molecule has 2 unspecified atom stereocenters. The van der Waals surface area contributed by atoms with Gasteiger partial charge in [-0.25, -0.2) is 8.78 Å². The average molecular weight is 204 g/mol. The van der Waals surface area contributed by atoms with Crippen molar-refractivity contribution in [3.63, 3.8) is 0 Å². The molecule has 12 heavy (non-hydrogen) atoms. The highest BCUT2D eigenvalue weighted by atomic mass is 35.5. The van der Waals surface area contributed by atoms with Crippen molar-refractivity contribution in [2.24, 2.45) is 5.73 Å². The smallest absolute Gasteiger partial charge is 0.261 e. The molecule has 0 radical (unpaired) electrons. The van der Waals surface area contributed by atoms with Crippen molar-refractivity contribution in [2.75, 3.05) is 19.8 Å². The van der Waals surface area contributed by atoms with Crippen LogP contribution in [0.15, 0.2) is 0 Å². The van der Waals surface area contributed by atoms with E-state index in [1.807, 2.05) is 0 Å². The highest BCUT2D eigenvalue weighted by Gasteiger charge is 2.26. The number of alkyl halides is 2. The standard InChI is InChI=1S/C6H11F2NO2.ClH/c7-6(8)3-11-5-2-10-1-4(5)9;/h4-6H,1-3,9H2;1H. The van der Waals surface area contributed by atoms with Gasteiger partial charge in [0.1, 0.15) is 6.61 Å². The first-order valence-electron chi connectivity index (χ1n) is 3.43. The summed E-state index contributed by atoms with van der Waals surface area (Å²) in [6.45, 7) is 0.170. The molecule has 0 aromatic heterocycles. The molecule has 3 nitrogen and oxygen atoms in total. The third-order valence-corrected chi connectivity index (χ3v) is 1.51. The molecular weight excluding hydrogens is 192 g/mol. The molecule has 0 aromatic carbocycles. The fourth-order valence-electron chi connectivity index (χ4n) is 0.919. The fraction of sp³-hybridized carbons (Fsp3) is 1.00. The Kier molecular flexibility index (Phi) is 5.65. The predicted molar refractivity (Wildman–Crippen MR) is 41.8 cm³/mol. The van der Waals surface area contributed by atoms with Crippen LogP contribution in [0.2, 0.25) is 0 Å². The summed E-state index contributed by atoms with van der Waals surface area (Å²) in [7, 11) is 0. The molecule has 2 atom stereocenters. The van der Waals surface area contributed by atoms with Gasteiger partial charge in [0, 0.05) is 0 Å². The minimum absolute atomic E-state index is 0. The van der Waals surface area contributed by atoms with Crippen molar-refractivity contribution in [2.45, 2.75) is 18.6 Å². The van der Waals surface area contributed by atoms with E-state index in [-0.39, 0.29) is 24.6 Å². The van der Waals surface area contributed by atoms with E-state index in [1.165, 1.54) is 0 Å². The normalized spacial score (nSPS) is 29.0. The van der Waals surface area contributed by atoms with Crippen molar-refractivity contribution in [3.8, 4) is 0 Å². The van der Waals surface area contributed by atoms with Gasteiger partial charge < -0.3 is 15.2 Å². The molecule has 74 valence electrons. The molecule has 0 saturated carbocycles. The molecule has 1 fully saturated rings. The van der Waals surface area contributed by atoms with Gasteiger partial charge in [-0.2, -0.15) is 0 Å². The first-order chi connectivity index (χ1) is 5.20. The van der Waals surface area contributed by atoms with Crippen LogP contribution in [-0.4, -0.2) is 38.4 Å². The first kappa shape index (κ1) is 12.0. The second-order valence-electron chi connectivity index (χ2n) is 2.46.